The van der Waals surface area contributed by atoms with Gasteiger partial charge in [0.15, 0.2) is 0 Å². The number of morpholine rings is 1. The zero-order chi connectivity index (χ0) is 10.9. The van der Waals surface area contributed by atoms with E-state index < -0.39 is 5.54 Å². The highest BCUT2D eigenvalue weighted by atomic mass is 16.5. The van der Waals surface area contributed by atoms with Crippen LogP contribution in [0.1, 0.15) is 25.7 Å². The van der Waals surface area contributed by atoms with Crippen LogP contribution in [-0.4, -0.2) is 47.2 Å². The fourth-order valence-electron chi connectivity index (χ4n) is 2.51. The van der Waals surface area contributed by atoms with Crippen LogP contribution in [0.3, 0.4) is 0 Å². The Kier molecular flexibility index (Phi) is 2.75. The number of aliphatic hydroxyl groups is 1. The average Bonchev–Trinajstić information content (AvgIpc) is 2.67. The van der Waals surface area contributed by atoms with Crippen molar-refractivity contribution in [2.24, 2.45) is 0 Å². The number of rotatable bonds is 2. The van der Waals surface area contributed by atoms with Crippen LogP contribution in [0.15, 0.2) is 0 Å². The van der Waals surface area contributed by atoms with E-state index in [0.717, 1.165) is 12.8 Å². The summed E-state index contributed by atoms with van der Waals surface area (Å²) in [5.41, 5.74) is -0.641. The van der Waals surface area contributed by atoms with Crippen molar-refractivity contribution in [2.45, 2.75) is 31.2 Å². The van der Waals surface area contributed by atoms with Crippen molar-refractivity contribution in [1.82, 2.24) is 4.90 Å². The van der Waals surface area contributed by atoms with Gasteiger partial charge in [-0.25, -0.2) is 0 Å². The van der Waals surface area contributed by atoms with Crippen LogP contribution in [0.2, 0.25) is 0 Å². The first-order valence-electron chi connectivity index (χ1n) is 5.24. The number of carbonyl (C=O) groups excluding carboxylic acids is 2. The lowest BCUT2D eigenvalue weighted by Gasteiger charge is -2.40. The molecule has 0 spiro atoms. The number of nitrogens with zero attached hydrogens (tertiary/aromatic N) is 1. The molecule has 15 heavy (non-hydrogen) atoms. The maximum atomic E-state index is 11.6. The van der Waals surface area contributed by atoms with Crippen molar-refractivity contribution in [1.29, 1.82) is 0 Å². The first-order valence-corrected chi connectivity index (χ1v) is 5.24. The van der Waals surface area contributed by atoms with Crippen molar-refractivity contribution < 1.29 is 19.4 Å². The van der Waals surface area contributed by atoms with Crippen LogP contribution in [0.4, 0.5) is 0 Å². The van der Waals surface area contributed by atoms with E-state index >= 15 is 0 Å². The number of aliphatic hydroxyl groups excluding tert-OH is 1. The molecule has 1 heterocycles. The van der Waals surface area contributed by atoms with Crippen molar-refractivity contribution in [2.75, 3.05) is 19.8 Å². The molecule has 2 amide bonds. The zero-order valence-electron chi connectivity index (χ0n) is 8.57. The molecule has 0 atom stereocenters. The van der Waals surface area contributed by atoms with E-state index in [2.05, 4.69) is 0 Å². The minimum absolute atomic E-state index is 0.0481. The van der Waals surface area contributed by atoms with Gasteiger partial charge in [-0.05, 0) is 12.8 Å². The van der Waals surface area contributed by atoms with E-state index in [-0.39, 0.29) is 31.6 Å². The quantitative estimate of drug-likeness (QED) is 0.638. The van der Waals surface area contributed by atoms with E-state index in [1.165, 1.54) is 4.90 Å². The third-order valence-electron chi connectivity index (χ3n) is 3.25. The Labute approximate surface area is 88.0 Å². The molecular formula is C10H15NO4. The summed E-state index contributed by atoms with van der Waals surface area (Å²) in [6.45, 7) is -0.231. The summed E-state index contributed by atoms with van der Waals surface area (Å²) in [6, 6.07) is 0. The molecule has 1 N–H and O–H groups in total. The smallest absolute Gasteiger partial charge is 0.255 e. The predicted octanol–water partition coefficient (Wildman–Crippen LogP) is -0.323. The Balaban J connectivity index is 2.25. The first kappa shape index (κ1) is 10.6. The Bertz CT molecular complexity index is 267. The zero-order valence-corrected chi connectivity index (χ0v) is 8.57. The van der Waals surface area contributed by atoms with Crippen molar-refractivity contribution >= 4 is 11.8 Å². The van der Waals surface area contributed by atoms with Gasteiger partial charge in [-0.3, -0.25) is 14.5 Å². The molecule has 1 aliphatic carbocycles. The Morgan fingerprint density at radius 3 is 2.20 bits per heavy atom. The standard InChI is InChI=1S/C10H15NO4/c12-7-10(3-1-2-4-10)11-8(13)5-15-6-9(11)14/h12H,1-7H2. The van der Waals surface area contributed by atoms with Crippen LogP contribution >= 0.6 is 0 Å². The normalized spacial score (nSPS) is 26.1. The van der Waals surface area contributed by atoms with Crippen molar-refractivity contribution in [3.05, 3.63) is 0 Å². The lowest BCUT2D eigenvalue weighted by Crippen LogP contribution is -2.59. The Morgan fingerprint density at radius 1 is 1.20 bits per heavy atom. The van der Waals surface area contributed by atoms with Gasteiger partial charge in [-0.1, -0.05) is 12.8 Å². The van der Waals surface area contributed by atoms with Gasteiger partial charge in [-0.2, -0.15) is 0 Å². The van der Waals surface area contributed by atoms with Crippen LogP contribution in [0.25, 0.3) is 0 Å². The summed E-state index contributed by atoms with van der Waals surface area (Å²) in [5.74, 6) is -0.635. The van der Waals surface area contributed by atoms with Gasteiger partial charge < -0.3 is 9.84 Å². The van der Waals surface area contributed by atoms with Crippen LogP contribution < -0.4 is 0 Å². The predicted molar refractivity (Wildman–Crippen MR) is 51.0 cm³/mol. The summed E-state index contributed by atoms with van der Waals surface area (Å²) in [4.78, 5) is 24.5. The second-order valence-electron chi connectivity index (χ2n) is 4.21. The van der Waals surface area contributed by atoms with E-state index in [0.29, 0.717) is 12.8 Å². The molecule has 0 bridgehead atoms. The number of carbonyl (C=O) groups is 2. The highest BCUT2D eigenvalue weighted by molar-refractivity contribution is 5.99. The topological polar surface area (TPSA) is 66.8 Å². The minimum atomic E-state index is -0.641. The van der Waals surface area contributed by atoms with Crippen LogP contribution in [0.5, 0.6) is 0 Å². The molecule has 5 nitrogen and oxygen atoms in total. The van der Waals surface area contributed by atoms with Crippen LogP contribution in [-0.2, 0) is 14.3 Å². The fraction of sp³-hybridized carbons (Fsp3) is 0.800. The highest BCUT2D eigenvalue weighted by Crippen LogP contribution is 2.35. The largest absolute Gasteiger partial charge is 0.394 e. The second kappa shape index (κ2) is 3.90. The van der Waals surface area contributed by atoms with Gasteiger partial charge in [0.1, 0.15) is 13.2 Å². The summed E-state index contributed by atoms with van der Waals surface area (Å²) in [5, 5.41) is 9.42. The number of ether oxygens (including phenoxy) is 1. The Morgan fingerprint density at radius 2 is 1.73 bits per heavy atom. The highest BCUT2D eigenvalue weighted by Gasteiger charge is 2.46. The molecule has 0 aromatic carbocycles. The monoisotopic (exact) mass is 213 g/mol. The van der Waals surface area contributed by atoms with Gasteiger partial charge in [0.2, 0.25) is 0 Å². The molecule has 0 unspecified atom stereocenters. The van der Waals surface area contributed by atoms with E-state index in [1.807, 2.05) is 0 Å². The lowest BCUT2D eigenvalue weighted by atomic mass is 9.95. The lowest BCUT2D eigenvalue weighted by molar-refractivity contribution is -0.168. The van der Waals surface area contributed by atoms with Crippen molar-refractivity contribution in [3.63, 3.8) is 0 Å². The molecule has 0 aromatic heterocycles. The second-order valence-corrected chi connectivity index (χ2v) is 4.21. The van der Waals surface area contributed by atoms with Crippen molar-refractivity contribution in [3.8, 4) is 0 Å². The summed E-state index contributed by atoms with van der Waals surface area (Å²) >= 11 is 0. The molecule has 1 aliphatic heterocycles. The molecule has 2 aliphatic rings. The molecule has 5 heteroatoms. The van der Waals surface area contributed by atoms with E-state index in [1.54, 1.807) is 0 Å². The van der Waals surface area contributed by atoms with Gasteiger partial charge in [0.05, 0.1) is 12.1 Å². The third kappa shape index (κ3) is 1.66. The maximum absolute atomic E-state index is 11.6. The Hall–Kier alpha value is -0.940. The van der Waals surface area contributed by atoms with Crippen LogP contribution in [0, 0.1) is 0 Å². The summed E-state index contributed by atoms with van der Waals surface area (Å²) in [7, 11) is 0. The molecule has 1 saturated carbocycles. The summed E-state index contributed by atoms with van der Waals surface area (Å²) in [6.07, 6.45) is 3.33. The molecule has 2 fully saturated rings. The molecule has 0 radical (unpaired) electrons. The van der Waals surface area contributed by atoms with Gasteiger partial charge >= 0.3 is 0 Å². The number of amides is 2. The van der Waals surface area contributed by atoms with E-state index in [9.17, 15) is 14.7 Å². The molecule has 2 rings (SSSR count). The average molecular weight is 213 g/mol. The summed E-state index contributed by atoms with van der Waals surface area (Å²) < 4.78 is 4.85. The maximum Gasteiger partial charge on any atom is 0.255 e. The fourth-order valence-corrected chi connectivity index (χ4v) is 2.51. The van der Waals surface area contributed by atoms with Gasteiger partial charge in [0.25, 0.3) is 11.8 Å². The van der Waals surface area contributed by atoms with Gasteiger partial charge in [-0.15, -0.1) is 0 Å². The number of hydrogen-bond donors (Lipinski definition) is 1. The number of hydrogen-bond acceptors (Lipinski definition) is 4. The molecular weight excluding hydrogens is 198 g/mol. The number of imide groups is 1. The van der Waals surface area contributed by atoms with Gasteiger partial charge in [0, 0.05) is 0 Å². The first-order chi connectivity index (χ1) is 7.19. The van der Waals surface area contributed by atoms with E-state index in [4.69, 9.17) is 4.74 Å². The molecule has 84 valence electrons. The third-order valence-corrected chi connectivity index (χ3v) is 3.25. The molecule has 1 saturated heterocycles. The molecule has 0 aromatic rings. The minimum Gasteiger partial charge on any atom is -0.394 e. The SMILES string of the molecule is O=C1COCC(=O)N1C1(CO)CCCC1.